The van der Waals surface area contributed by atoms with E-state index in [1.165, 1.54) is 56.9 Å². The van der Waals surface area contributed by atoms with Gasteiger partial charge in [-0.15, -0.1) is 0 Å². The minimum Gasteiger partial charge on any atom is -0.487 e. The Kier molecular flexibility index (Phi) is 11.5. The van der Waals surface area contributed by atoms with Crippen LogP contribution < -0.4 is 9.47 Å². The average Bonchev–Trinajstić information content (AvgIpc) is 2.94. The summed E-state index contributed by atoms with van der Waals surface area (Å²) in [4.78, 5) is 15.7. The van der Waals surface area contributed by atoms with Crippen molar-refractivity contribution in [2.24, 2.45) is 17.8 Å². The van der Waals surface area contributed by atoms with E-state index >= 15 is 0 Å². The summed E-state index contributed by atoms with van der Waals surface area (Å²) in [5.74, 6) is 4.24. The summed E-state index contributed by atoms with van der Waals surface area (Å²) in [5, 5.41) is 0. The normalized spacial score (nSPS) is 26.5. The van der Waals surface area contributed by atoms with Crippen molar-refractivity contribution in [3.05, 3.63) is 22.3 Å². The van der Waals surface area contributed by atoms with Gasteiger partial charge < -0.3 is 14.0 Å². The molecule has 4 aliphatic rings. The van der Waals surface area contributed by atoms with E-state index in [1.54, 1.807) is 0 Å². The van der Waals surface area contributed by atoms with Crippen molar-refractivity contribution in [2.45, 2.75) is 132 Å². The van der Waals surface area contributed by atoms with Crippen LogP contribution in [0.15, 0.2) is 0 Å². The van der Waals surface area contributed by atoms with Gasteiger partial charge in [0.15, 0.2) is 6.54 Å². The van der Waals surface area contributed by atoms with Gasteiger partial charge >= 0.3 is 5.97 Å². The smallest absolute Gasteiger partial charge is 0.367 e. The zero-order chi connectivity index (χ0) is 30.5. The standard InChI is InChI=1S/C37H63N2O3/c1-27(2)12-9-13-28(3)14-10-15-29(4)16-11-18-37(8)19-17-33-32(7)35(30(5)31(6)36(33)42-37)41-34(40)26-39-23-20-38(21-24-39)22-25-39/h27-29H,9-26H2,1-8H3/q+1/t28-,29-,37-/m1/s1. The lowest BCUT2D eigenvalue weighted by molar-refractivity contribution is -0.934. The summed E-state index contributed by atoms with van der Waals surface area (Å²) in [6, 6.07) is 0. The van der Waals surface area contributed by atoms with E-state index < -0.39 is 0 Å². The van der Waals surface area contributed by atoms with Gasteiger partial charge in [-0.05, 0) is 87.8 Å². The number of carbonyl (C=O) groups excluding carboxylic acids is 1. The number of esters is 1. The molecule has 42 heavy (non-hydrogen) atoms. The molecule has 238 valence electrons. The zero-order valence-electron chi connectivity index (χ0n) is 28.6. The second kappa shape index (κ2) is 14.5. The van der Waals surface area contributed by atoms with Crippen molar-refractivity contribution < 1.29 is 18.8 Å². The molecule has 0 N–H and O–H groups in total. The fourth-order valence-electron chi connectivity index (χ4n) is 7.80. The van der Waals surface area contributed by atoms with Gasteiger partial charge in [0.05, 0.1) is 19.6 Å². The molecule has 3 fully saturated rings. The number of quaternary nitrogens is 1. The molecule has 0 radical (unpaired) electrons. The molecule has 1 aromatic carbocycles. The molecule has 1 aromatic rings. The second-order valence-corrected chi connectivity index (χ2v) is 15.4. The molecule has 3 atom stereocenters. The highest BCUT2D eigenvalue weighted by Crippen LogP contribution is 2.45. The van der Waals surface area contributed by atoms with Crippen LogP contribution >= 0.6 is 0 Å². The number of fused-ring (bicyclic) bond motifs is 4. The van der Waals surface area contributed by atoms with Gasteiger partial charge in [0.25, 0.3) is 0 Å². The highest BCUT2D eigenvalue weighted by atomic mass is 16.5. The molecule has 0 spiro atoms. The van der Waals surface area contributed by atoms with Crippen molar-refractivity contribution in [2.75, 3.05) is 45.8 Å². The second-order valence-electron chi connectivity index (χ2n) is 15.4. The fourth-order valence-corrected chi connectivity index (χ4v) is 7.80. The van der Waals surface area contributed by atoms with E-state index in [1.807, 2.05) is 0 Å². The summed E-state index contributed by atoms with van der Waals surface area (Å²) < 4.78 is 13.9. The van der Waals surface area contributed by atoms with Crippen LogP contribution in [0, 0.1) is 38.5 Å². The molecular weight excluding hydrogens is 520 g/mol. The Morgan fingerprint density at radius 3 is 2.02 bits per heavy atom. The number of carbonyl (C=O) groups is 1. The summed E-state index contributed by atoms with van der Waals surface area (Å²) in [5.41, 5.74) is 4.41. The molecule has 5 heteroatoms. The third-order valence-electron chi connectivity index (χ3n) is 11.2. The third kappa shape index (κ3) is 8.52. The van der Waals surface area contributed by atoms with E-state index in [2.05, 4.69) is 60.3 Å². The summed E-state index contributed by atoms with van der Waals surface area (Å²) in [7, 11) is 0. The van der Waals surface area contributed by atoms with Crippen LogP contribution in [0.4, 0.5) is 0 Å². The van der Waals surface area contributed by atoms with E-state index in [0.717, 1.165) is 109 Å². The van der Waals surface area contributed by atoms with Gasteiger partial charge in [-0.2, -0.15) is 0 Å². The number of hydrogen-bond acceptors (Lipinski definition) is 4. The van der Waals surface area contributed by atoms with E-state index in [0.29, 0.717) is 6.54 Å². The van der Waals surface area contributed by atoms with Crippen LogP contribution in [0.1, 0.15) is 121 Å². The molecule has 2 bridgehead atoms. The minimum atomic E-state index is -0.119. The quantitative estimate of drug-likeness (QED) is 0.119. The van der Waals surface area contributed by atoms with E-state index in [4.69, 9.17) is 9.47 Å². The number of benzene rings is 1. The number of ether oxygens (including phenoxy) is 2. The maximum Gasteiger partial charge on any atom is 0.367 e. The molecule has 3 saturated heterocycles. The van der Waals surface area contributed by atoms with Crippen molar-refractivity contribution in [3.63, 3.8) is 0 Å². The molecule has 0 aromatic heterocycles. The number of piperazine rings is 3. The van der Waals surface area contributed by atoms with Gasteiger partial charge in [0.2, 0.25) is 0 Å². The Bertz CT molecular complexity index is 1040. The largest absolute Gasteiger partial charge is 0.487 e. The van der Waals surface area contributed by atoms with Crippen molar-refractivity contribution >= 4 is 5.97 Å². The molecule has 5 nitrogen and oxygen atoms in total. The topological polar surface area (TPSA) is 38.8 Å². The van der Waals surface area contributed by atoms with Crippen molar-refractivity contribution in [3.8, 4) is 11.5 Å². The lowest BCUT2D eigenvalue weighted by Crippen LogP contribution is -2.68. The summed E-state index contributed by atoms with van der Waals surface area (Å²) >= 11 is 0. The molecular formula is C37H63N2O3+. The Morgan fingerprint density at radius 2 is 1.43 bits per heavy atom. The van der Waals surface area contributed by atoms with Crippen LogP contribution in [0.2, 0.25) is 0 Å². The maximum absolute atomic E-state index is 13.2. The monoisotopic (exact) mass is 583 g/mol. The van der Waals surface area contributed by atoms with E-state index in [-0.39, 0.29) is 11.6 Å². The van der Waals surface area contributed by atoms with Gasteiger partial charge in [0.1, 0.15) is 17.1 Å². The van der Waals surface area contributed by atoms with Gasteiger partial charge in [-0.1, -0.05) is 72.6 Å². The molecule has 0 saturated carbocycles. The predicted octanol–water partition coefficient (Wildman–Crippen LogP) is 8.19. The first-order valence-corrected chi connectivity index (χ1v) is 17.5. The number of hydrogen-bond donors (Lipinski definition) is 0. The Morgan fingerprint density at radius 1 is 0.857 bits per heavy atom. The molecule has 4 aliphatic heterocycles. The lowest BCUT2D eigenvalue weighted by Gasteiger charge is -2.49. The molecule has 5 rings (SSSR count). The Hall–Kier alpha value is -1.59. The summed E-state index contributed by atoms with van der Waals surface area (Å²) in [6.07, 6.45) is 13.9. The third-order valence-corrected chi connectivity index (χ3v) is 11.2. The lowest BCUT2D eigenvalue weighted by atomic mass is 9.83. The predicted molar refractivity (Wildman–Crippen MR) is 175 cm³/mol. The first kappa shape index (κ1) is 33.3. The van der Waals surface area contributed by atoms with Gasteiger partial charge in [0, 0.05) is 25.2 Å². The highest BCUT2D eigenvalue weighted by Gasteiger charge is 2.41. The SMILES string of the molecule is Cc1c(C)c2c(c(C)c1OC(=O)C[N+]13CCN(CC1)CC3)CC[C@@](C)(CCC[C@H](C)CCC[C@H](C)CCCC(C)C)O2. The van der Waals surface area contributed by atoms with Gasteiger partial charge in [-0.3, -0.25) is 4.90 Å². The van der Waals surface area contributed by atoms with Crippen LogP contribution in [-0.4, -0.2) is 66.8 Å². The molecule has 0 amide bonds. The summed E-state index contributed by atoms with van der Waals surface area (Å²) in [6.45, 7) is 25.3. The zero-order valence-corrected chi connectivity index (χ0v) is 28.6. The Labute approximate surface area is 258 Å². The van der Waals surface area contributed by atoms with Crippen LogP contribution in [0.25, 0.3) is 0 Å². The van der Waals surface area contributed by atoms with Crippen LogP contribution in [0.5, 0.6) is 11.5 Å². The average molecular weight is 584 g/mol. The van der Waals surface area contributed by atoms with Crippen molar-refractivity contribution in [1.29, 1.82) is 0 Å². The van der Waals surface area contributed by atoms with E-state index in [9.17, 15) is 4.79 Å². The number of nitrogens with zero attached hydrogens (tertiary/aromatic N) is 2. The Balaban J connectivity index is 1.26. The molecule has 0 aliphatic carbocycles. The molecule has 4 heterocycles. The maximum atomic E-state index is 13.2. The van der Waals surface area contributed by atoms with Crippen LogP contribution in [-0.2, 0) is 11.2 Å². The van der Waals surface area contributed by atoms with Crippen LogP contribution in [0.3, 0.4) is 0 Å². The first-order valence-electron chi connectivity index (χ1n) is 17.5. The van der Waals surface area contributed by atoms with Crippen molar-refractivity contribution in [1.82, 2.24) is 4.90 Å². The first-order chi connectivity index (χ1) is 19.9. The minimum absolute atomic E-state index is 0.0767. The number of rotatable bonds is 15. The van der Waals surface area contributed by atoms with Gasteiger partial charge in [-0.25, -0.2) is 4.79 Å². The molecule has 0 unspecified atom stereocenters. The highest BCUT2D eigenvalue weighted by molar-refractivity contribution is 5.75. The fraction of sp³-hybridized carbons (Fsp3) is 0.811.